The largest absolute Gasteiger partial charge is 0.489 e. The fraction of sp³-hybridized carbons (Fsp3) is 0.0952. The maximum atomic E-state index is 12.2. The Labute approximate surface area is 169 Å². The van der Waals surface area contributed by atoms with Crippen molar-refractivity contribution in [2.24, 2.45) is 5.10 Å². The Morgan fingerprint density at radius 3 is 2.43 bits per heavy atom. The number of aryl methyl sites for hydroxylation is 1. The minimum Gasteiger partial charge on any atom is -0.489 e. The smallest absolute Gasteiger partial charge is 0.276 e. The lowest BCUT2D eigenvalue weighted by molar-refractivity contribution is 0.306. The van der Waals surface area contributed by atoms with Gasteiger partial charge in [0.1, 0.15) is 12.4 Å². The molecular weight excluding hydrogens is 396 g/mol. The number of halogens is 1. The minimum absolute atomic E-state index is 0.167. The third-order valence-corrected chi connectivity index (χ3v) is 5.37. The highest BCUT2D eigenvalue weighted by molar-refractivity contribution is 7.89. The average Bonchev–Trinajstić information content (AvgIpc) is 2.68. The zero-order valence-electron chi connectivity index (χ0n) is 15.2. The van der Waals surface area contributed by atoms with Gasteiger partial charge >= 0.3 is 0 Å². The highest BCUT2D eigenvalue weighted by Gasteiger charge is 2.11. The monoisotopic (exact) mass is 414 g/mol. The summed E-state index contributed by atoms with van der Waals surface area (Å²) in [5.74, 6) is 0.692. The van der Waals surface area contributed by atoms with E-state index in [0.29, 0.717) is 17.4 Å². The molecule has 3 aromatic rings. The first-order valence-electron chi connectivity index (χ1n) is 8.51. The number of rotatable bonds is 7. The number of nitrogens with one attached hydrogen (secondary N) is 1. The van der Waals surface area contributed by atoms with Crippen LogP contribution in [-0.2, 0) is 16.6 Å². The quantitative estimate of drug-likeness (QED) is 0.456. The molecule has 7 heteroatoms. The van der Waals surface area contributed by atoms with Gasteiger partial charge in [0.2, 0.25) is 0 Å². The average molecular weight is 415 g/mol. The molecular formula is C21H19ClN2O3S. The number of hydrogen-bond donors (Lipinski definition) is 1. The molecule has 0 fully saturated rings. The summed E-state index contributed by atoms with van der Waals surface area (Å²) in [7, 11) is -3.68. The van der Waals surface area contributed by atoms with Crippen LogP contribution in [0.5, 0.6) is 5.75 Å². The Morgan fingerprint density at radius 1 is 1.04 bits per heavy atom. The highest BCUT2D eigenvalue weighted by Crippen LogP contribution is 2.16. The van der Waals surface area contributed by atoms with Crippen molar-refractivity contribution >= 4 is 27.8 Å². The van der Waals surface area contributed by atoms with Gasteiger partial charge in [-0.05, 0) is 66.6 Å². The number of nitrogens with zero attached hydrogens (tertiary/aromatic N) is 1. The van der Waals surface area contributed by atoms with E-state index in [2.05, 4.69) is 9.93 Å². The second kappa shape index (κ2) is 8.91. The maximum Gasteiger partial charge on any atom is 0.276 e. The molecule has 0 saturated heterocycles. The lowest BCUT2D eigenvalue weighted by Gasteiger charge is -2.07. The molecule has 0 atom stereocenters. The Bertz CT molecular complexity index is 1060. The molecule has 5 nitrogen and oxygen atoms in total. The summed E-state index contributed by atoms with van der Waals surface area (Å²) in [6, 6.07) is 21.2. The minimum atomic E-state index is -3.68. The van der Waals surface area contributed by atoms with Crippen LogP contribution in [-0.4, -0.2) is 14.6 Å². The standard InChI is InChI=1S/C21H19ClN2O3S/c1-16-5-11-21(12-6-16)28(25,26)24-23-14-17-7-9-20(10-8-17)27-15-18-3-2-4-19(22)13-18/h2-14,24H,15H2,1H3/b23-14-. The normalized spacial score (nSPS) is 11.5. The van der Waals surface area contributed by atoms with Crippen molar-refractivity contribution in [1.29, 1.82) is 0 Å². The summed E-state index contributed by atoms with van der Waals surface area (Å²) >= 11 is 5.96. The summed E-state index contributed by atoms with van der Waals surface area (Å²) in [5, 5.41) is 4.49. The summed E-state index contributed by atoms with van der Waals surface area (Å²) < 4.78 is 30.1. The van der Waals surface area contributed by atoms with E-state index in [1.807, 2.05) is 31.2 Å². The first-order valence-corrected chi connectivity index (χ1v) is 10.4. The predicted octanol–water partition coefficient (Wildman–Crippen LogP) is 4.54. The lowest BCUT2D eigenvalue weighted by Crippen LogP contribution is -2.18. The Hall–Kier alpha value is -2.83. The van der Waals surface area contributed by atoms with Crippen LogP contribution in [0, 0.1) is 6.92 Å². The fourth-order valence-corrected chi connectivity index (χ4v) is 3.39. The summed E-state index contributed by atoms with van der Waals surface area (Å²) in [5.41, 5.74) is 2.70. The first-order chi connectivity index (χ1) is 13.4. The van der Waals surface area contributed by atoms with Gasteiger partial charge in [-0.2, -0.15) is 13.5 Å². The first kappa shape index (κ1) is 19.9. The molecule has 0 saturated carbocycles. The number of sulfonamides is 1. The second-order valence-corrected chi connectivity index (χ2v) is 8.25. The van der Waals surface area contributed by atoms with Gasteiger partial charge in [-0.3, -0.25) is 0 Å². The van der Waals surface area contributed by atoms with Crippen LogP contribution in [0.25, 0.3) is 0 Å². The van der Waals surface area contributed by atoms with Crippen molar-refractivity contribution in [1.82, 2.24) is 4.83 Å². The predicted molar refractivity (Wildman–Crippen MR) is 111 cm³/mol. The molecule has 0 aliphatic heterocycles. The molecule has 0 unspecified atom stereocenters. The van der Waals surface area contributed by atoms with Crippen molar-refractivity contribution in [2.45, 2.75) is 18.4 Å². The second-order valence-electron chi connectivity index (χ2n) is 6.15. The van der Waals surface area contributed by atoms with Crippen molar-refractivity contribution < 1.29 is 13.2 Å². The summed E-state index contributed by atoms with van der Waals surface area (Å²) in [4.78, 5) is 2.37. The fourth-order valence-electron chi connectivity index (χ4n) is 2.38. The van der Waals surface area contributed by atoms with Gasteiger partial charge < -0.3 is 4.74 Å². The zero-order valence-corrected chi connectivity index (χ0v) is 16.7. The van der Waals surface area contributed by atoms with Crippen molar-refractivity contribution in [3.8, 4) is 5.75 Å². The summed E-state index contributed by atoms with van der Waals surface area (Å²) in [6.07, 6.45) is 1.44. The number of benzene rings is 3. The van der Waals surface area contributed by atoms with Crippen LogP contribution in [0.4, 0.5) is 0 Å². The van der Waals surface area contributed by atoms with Gasteiger partial charge in [0, 0.05) is 5.02 Å². The number of hydrazone groups is 1. The molecule has 0 aliphatic carbocycles. The van der Waals surface area contributed by atoms with Gasteiger partial charge in [0.15, 0.2) is 0 Å². The van der Waals surface area contributed by atoms with Crippen molar-refractivity contribution in [3.05, 3.63) is 94.5 Å². The molecule has 0 radical (unpaired) electrons. The van der Waals surface area contributed by atoms with E-state index in [-0.39, 0.29) is 4.90 Å². The van der Waals surface area contributed by atoms with Crippen LogP contribution < -0.4 is 9.57 Å². The third-order valence-electron chi connectivity index (χ3n) is 3.89. The van der Waals surface area contributed by atoms with Gasteiger partial charge in [-0.15, -0.1) is 0 Å². The molecule has 3 rings (SSSR count). The van der Waals surface area contributed by atoms with E-state index >= 15 is 0 Å². The Morgan fingerprint density at radius 2 is 1.75 bits per heavy atom. The molecule has 144 valence electrons. The van der Waals surface area contributed by atoms with Crippen LogP contribution in [0.2, 0.25) is 5.02 Å². The van der Waals surface area contributed by atoms with Crippen LogP contribution in [0.15, 0.2) is 82.8 Å². The van der Waals surface area contributed by atoms with Crippen LogP contribution >= 0.6 is 11.6 Å². The molecule has 0 aromatic heterocycles. The molecule has 0 aliphatic rings. The molecule has 0 bridgehead atoms. The molecule has 3 aromatic carbocycles. The zero-order chi connectivity index (χ0) is 20.0. The van der Waals surface area contributed by atoms with Crippen LogP contribution in [0.3, 0.4) is 0 Å². The van der Waals surface area contributed by atoms with E-state index in [4.69, 9.17) is 16.3 Å². The maximum absolute atomic E-state index is 12.2. The van der Waals surface area contributed by atoms with Gasteiger partial charge in [0.25, 0.3) is 10.0 Å². The molecule has 0 heterocycles. The van der Waals surface area contributed by atoms with Gasteiger partial charge in [-0.25, -0.2) is 4.83 Å². The lowest BCUT2D eigenvalue weighted by atomic mass is 10.2. The van der Waals surface area contributed by atoms with E-state index in [1.54, 1.807) is 48.5 Å². The topological polar surface area (TPSA) is 67.8 Å². The van der Waals surface area contributed by atoms with Gasteiger partial charge in [0.05, 0.1) is 11.1 Å². The van der Waals surface area contributed by atoms with E-state index in [1.165, 1.54) is 6.21 Å². The van der Waals surface area contributed by atoms with Crippen LogP contribution in [0.1, 0.15) is 16.7 Å². The number of hydrogen-bond acceptors (Lipinski definition) is 4. The van der Waals surface area contributed by atoms with E-state index < -0.39 is 10.0 Å². The highest BCUT2D eigenvalue weighted by atomic mass is 35.5. The molecule has 0 spiro atoms. The van der Waals surface area contributed by atoms with Gasteiger partial charge in [-0.1, -0.05) is 41.4 Å². The van der Waals surface area contributed by atoms with Crippen molar-refractivity contribution in [2.75, 3.05) is 0 Å². The summed E-state index contributed by atoms with van der Waals surface area (Å²) in [6.45, 7) is 2.30. The number of ether oxygens (including phenoxy) is 1. The Balaban J connectivity index is 1.57. The van der Waals surface area contributed by atoms with Crippen molar-refractivity contribution in [3.63, 3.8) is 0 Å². The Kier molecular flexibility index (Phi) is 6.34. The molecule has 0 amide bonds. The third kappa shape index (κ3) is 5.58. The molecule has 28 heavy (non-hydrogen) atoms. The van der Waals surface area contributed by atoms with E-state index in [0.717, 1.165) is 16.7 Å². The van der Waals surface area contributed by atoms with E-state index in [9.17, 15) is 8.42 Å². The molecule has 1 N–H and O–H groups in total. The SMILES string of the molecule is Cc1ccc(S(=O)(=O)N/N=C\c2ccc(OCc3cccc(Cl)c3)cc2)cc1.